The molecule has 1 aliphatic heterocycles. The maximum Gasteiger partial charge on any atom is 0.0460 e. The first-order valence-electron chi connectivity index (χ1n) is 4.87. The summed E-state index contributed by atoms with van der Waals surface area (Å²) < 4.78 is 0. The van der Waals surface area contributed by atoms with Gasteiger partial charge < -0.3 is 10.2 Å². The molecule has 0 aromatic rings. The van der Waals surface area contributed by atoms with Gasteiger partial charge in [-0.25, -0.2) is 0 Å². The van der Waals surface area contributed by atoms with Crippen molar-refractivity contribution in [3.63, 3.8) is 0 Å². The molecule has 0 aliphatic carbocycles. The van der Waals surface area contributed by atoms with Crippen LogP contribution in [0.4, 0.5) is 0 Å². The Morgan fingerprint density at radius 1 is 1.42 bits per heavy atom. The molecule has 1 heterocycles. The van der Waals surface area contributed by atoms with Gasteiger partial charge in [-0.15, -0.1) is 0 Å². The minimum Gasteiger partial charge on any atom is -0.305 e. The summed E-state index contributed by atoms with van der Waals surface area (Å²) in [6, 6.07) is 0. The van der Waals surface area contributed by atoms with Gasteiger partial charge in [-0.1, -0.05) is 13.8 Å². The Bertz CT molecular complexity index is 130. The molecular weight excluding hydrogens is 150 g/mol. The summed E-state index contributed by atoms with van der Waals surface area (Å²) in [4.78, 5) is 2.36. The van der Waals surface area contributed by atoms with E-state index in [0.29, 0.717) is 5.54 Å². The van der Waals surface area contributed by atoms with Crippen LogP contribution in [0.25, 0.3) is 0 Å². The molecule has 72 valence electrons. The molecule has 1 rings (SSSR count). The molecule has 1 atom stereocenters. The smallest absolute Gasteiger partial charge is 0.0460 e. The highest BCUT2D eigenvalue weighted by Crippen LogP contribution is 2.13. The molecule has 1 unspecified atom stereocenters. The summed E-state index contributed by atoms with van der Waals surface area (Å²) in [5.74, 6) is 0. The van der Waals surface area contributed by atoms with E-state index in [1.165, 1.54) is 6.42 Å². The SMILES string of the molecule is CCN(C)CC1(CC)CNCN1. The van der Waals surface area contributed by atoms with Crippen molar-refractivity contribution in [3.05, 3.63) is 0 Å². The van der Waals surface area contributed by atoms with E-state index in [-0.39, 0.29) is 0 Å². The number of nitrogens with zero attached hydrogens (tertiary/aromatic N) is 1. The molecule has 3 heteroatoms. The first kappa shape index (κ1) is 9.96. The summed E-state index contributed by atoms with van der Waals surface area (Å²) in [6.07, 6.45) is 1.20. The zero-order chi connectivity index (χ0) is 9.03. The third kappa shape index (κ3) is 2.19. The van der Waals surface area contributed by atoms with Crippen LogP contribution >= 0.6 is 0 Å². The third-order valence-corrected chi connectivity index (χ3v) is 2.84. The van der Waals surface area contributed by atoms with E-state index < -0.39 is 0 Å². The van der Waals surface area contributed by atoms with E-state index in [1.807, 2.05) is 0 Å². The van der Waals surface area contributed by atoms with Gasteiger partial charge in [0, 0.05) is 25.3 Å². The van der Waals surface area contributed by atoms with Gasteiger partial charge in [0.15, 0.2) is 0 Å². The van der Waals surface area contributed by atoms with Crippen molar-refractivity contribution >= 4 is 0 Å². The van der Waals surface area contributed by atoms with Crippen LogP contribution in [-0.2, 0) is 0 Å². The fraction of sp³-hybridized carbons (Fsp3) is 1.00. The number of likely N-dealkylation sites (N-methyl/N-ethyl adjacent to an activating group) is 1. The molecular formula is C9H21N3. The molecule has 0 bridgehead atoms. The van der Waals surface area contributed by atoms with Crippen molar-refractivity contribution in [2.24, 2.45) is 0 Å². The molecule has 1 saturated heterocycles. The van der Waals surface area contributed by atoms with E-state index in [0.717, 1.165) is 26.3 Å². The lowest BCUT2D eigenvalue weighted by atomic mass is 9.97. The fourth-order valence-corrected chi connectivity index (χ4v) is 1.72. The molecule has 0 radical (unpaired) electrons. The van der Waals surface area contributed by atoms with Gasteiger partial charge in [-0.3, -0.25) is 5.32 Å². The Morgan fingerprint density at radius 3 is 2.58 bits per heavy atom. The molecule has 0 saturated carbocycles. The van der Waals surface area contributed by atoms with Crippen LogP contribution in [0.5, 0.6) is 0 Å². The van der Waals surface area contributed by atoms with Gasteiger partial charge in [0.05, 0.1) is 0 Å². The van der Waals surface area contributed by atoms with Gasteiger partial charge in [0.25, 0.3) is 0 Å². The fourth-order valence-electron chi connectivity index (χ4n) is 1.72. The maximum atomic E-state index is 3.53. The Labute approximate surface area is 75.5 Å². The second-order valence-corrected chi connectivity index (χ2v) is 3.74. The second kappa shape index (κ2) is 4.21. The Morgan fingerprint density at radius 2 is 2.17 bits per heavy atom. The van der Waals surface area contributed by atoms with Crippen molar-refractivity contribution in [2.75, 3.05) is 33.4 Å². The highest BCUT2D eigenvalue weighted by Gasteiger charge is 2.31. The van der Waals surface area contributed by atoms with Crippen molar-refractivity contribution < 1.29 is 0 Å². The minimum atomic E-state index is 0.324. The lowest BCUT2D eigenvalue weighted by Gasteiger charge is -2.31. The molecule has 0 aromatic heterocycles. The van der Waals surface area contributed by atoms with E-state index in [2.05, 4.69) is 36.4 Å². The predicted octanol–water partition coefficient (Wildman–Crippen LogP) is 0.237. The summed E-state index contributed by atoms with van der Waals surface area (Å²) in [5.41, 5.74) is 0.324. The zero-order valence-electron chi connectivity index (χ0n) is 8.48. The van der Waals surface area contributed by atoms with E-state index >= 15 is 0 Å². The molecule has 0 amide bonds. The lowest BCUT2D eigenvalue weighted by molar-refractivity contribution is 0.238. The van der Waals surface area contributed by atoms with Gasteiger partial charge in [0.1, 0.15) is 0 Å². The molecule has 0 aromatic carbocycles. The number of rotatable bonds is 4. The van der Waals surface area contributed by atoms with Crippen molar-refractivity contribution in [3.8, 4) is 0 Å². The molecule has 1 fully saturated rings. The van der Waals surface area contributed by atoms with Gasteiger partial charge in [0.2, 0.25) is 0 Å². The third-order valence-electron chi connectivity index (χ3n) is 2.84. The van der Waals surface area contributed by atoms with Crippen molar-refractivity contribution in [1.29, 1.82) is 0 Å². The molecule has 3 nitrogen and oxygen atoms in total. The van der Waals surface area contributed by atoms with Crippen LogP contribution in [-0.4, -0.2) is 43.8 Å². The molecule has 12 heavy (non-hydrogen) atoms. The van der Waals surface area contributed by atoms with Crippen LogP contribution in [0.1, 0.15) is 20.3 Å². The van der Waals surface area contributed by atoms with Crippen LogP contribution in [0.2, 0.25) is 0 Å². The van der Waals surface area contributed by atoms with Gasteiger partial charge in [-0.2, -0.15) is 0 Å². The minimum absolute atomic E-state index is 0.324. The Hall–Kier alpha value is -0.120. The van der Waals surface area contributed by atoms with Crippen LogP contribution in [0.3, 0.4) is 0 Å². The lowest BCUT2D eigenvalue weighted by Crippen LogP contribution is -2.50. The number of nitrogens with one attached hydrogen (secondary N) is 2. The standard InChI is InChI=1S/C9H21N3/c1-4-9(6-10-8-11-9)7-12(3)5-2/h10-11H,4-8H2,1-3H3. The summed E-state index contributed by atoms with van der Waals surface area (Å²) in [5, 5.41) is 6.89. The maximum absolute atomic E-state index is 3.53. The average molecular weight is 171 g/mol. The van der Waals surface area contributed by atoms with E-state index in [4.69, 9.17) is 0 Å². The number of hydrogen-bond donors (Lipinski definition) is 2. The molecule has 0 spiro atoms. The van der Waals surface area contributed by atoms with Crippen molar-refractivity contribution in [2.45, 2.75) is 25.8 Å². The van der Waals surface area contributed by atoms with Crippen LogP contribution in [0.15, 0.2) is 0 Å². The monoisotopic (exact) mass is 171 g/mol. The summed E-state index contributed by atoms with van der Waals surface area (Å²) in [6.45, 7) is 8.80. The van der Waals surface area contributed by atoms with Gasteiger partial charge >= 0.3 is 0 Å². The first-order valence-corrected chi connectivity index (χ1v) is 4.87. The first-order chi connectivity index (χ1) is 5.72. The Kier molecular flexibility index (Phi) is 3.50. The zero-order valence-corrected chi connectivity index (χ0v) is 8.48. The summed E-state index contributed by atoms with van der Waals surface area (Å²) in [7, 11) is 2.18. The second-order valence-electron chi connectivity index (χ2n) is 3.74. The summed E-state index contributed by atoms with van der Waals surface area (Å²) >= 11 is 0. The number of hydrogen-bond acceptors (Lipinski definition) is 3. The average Bonchev–Trinajstić information content (AvgIpc) is 2.54. The highest BCUT2D eigenvalue weighted by atomic mass is 15.2. The normalized spacial score (nSPS) is 30.0. The van der Waals surface area contributed by atoms with Crippen LogP contribution < -0.4 is 10.6 Å². The van der Waals surface area contributed by atoms with Crippen LogP contribution in [0, 0.1) is 0 Å². The highest BCUT2D eigenvalue weighted by molar-refractivity contribution is 4.95. The molecule has 1 aliphatic rings. The van der Waals surface area contributed by atoms with E-state index in [9.17, 15) is 0 Å². The largest absolute Gasteiger partial charge is 0.305 e. The quantitative estimate of drug-likeness (QED) is 0.634. The topological polar surface area (TPSA) is 27.3 Å². The van der Waals surface area contributed by atoms with Crippen molar-refractivity contribution in [1.82, 2.24) is 15.5 Å². The predicted molar refractivity (Wildman–Crippen MR) is 52.2 cm³/mol. The molecule has 2 N–H and O–H groups in total. The Balaban J connectivity index is 2.43. The van der Waals surface area contributed by atoms with E-state index in [1.54, 1.807) is 0 Å². The van der Waals surface area contributed by atoms with Gasteiger partial charge in [-0.05, 0) is 20.0 Å².